The number of likely N-dealkylation sites (tertiary alicyclic amines) is 1. The summed E-state index contributed by atoms with van der Waals surface area (Å²) in [6.45, 7) is 2.16. The highest BCUT2D eigenvalue weighted by Crippen LogP contribution is 2.41. The minimum Gasteiger partial charge on any atom is -0.497 e. The lowest BCUT2D eigenvalue weighted by atomic mass is 9.93. The fourth-order valence-corrected chi connectivity index (χ4v) is 3.06. The smallest absolute Gasteiger partial charge is 0.127 e. The molecule has 1 aromatic rings. The van der Waals surface area contributed by atoms with E-state index in [2.05, 4.69) is 23.3 Å². The van der Waals surface area contributed by atoms with Crippen molar-refractivity contribution in [2.45, 2.75) is 12.5 Å². The van der Waals surface area contributed by atoms with Crippen molar-refractivity contribution in [2.75, 3.05) is 41.4 Å². The van der Waals surface area contributed by atoms with Crippen molar-refractivity contribution in [3.63, 3.8) is 0 Å². The zero-order valence-electron chi connectivity index (χ0n) is 12.3. The van der Waals surface area contributed by atoms with Crippen molar-refractivity contribution < 1.29 is 9.47 Å². The fraction of sp³-hybridized carbons (Fsp3) is 0.600. The molecule has 0 spiro atoms. The molecule has 106 valence electrons. The predicted octanol–water partition coefficient (Wildman–Crippen LogP) is 1.92. The summed E-state index contributed by atoms with van der Waals surface area (Å²) in [7, 11) is 7.60. The maximum absolute atomic E-state index is 5.55. The lowest BCUT2D eigenvalue weighted by Crippen LogP contribution is -2.27. The summed E-state index contributed by atoms with van der Waals surface area (Å²) in [4.78, 5) is 2.41. The van der Waals surface area contributed by atoms with E-state index >= 15 is 0 Å². The number of hydrogen-bond acceptors (Lipinski definition) is 4. The van der Waals surface area contributed by atoms with Crippen LogP contribution in [0.15, 0.2) is 18.2 Å². The number of methoxy groups -OCH3 is 2. The Morgan fingerprint density at radius 3 is 2.74 bits per heavy atom. The van der Waals surface area contributed by atoms with Crippen molar-refractivity contribution >= 4 is 0 Å². The van der Waals surface area contributed by atoms with E-state index in [9.17, 15) is 0 Å². The van der Waals surface area contributed by atoms with Gasteiger partial charge in [-0.1, -0.05) is 6.07 Å². The van der Waals surface area contributed by atoms with Gasteiger partial charge in [-0.05, 0) is 45.6 Å². The second-order valence-corrected chi connectivity index (χ2v) is 5.14. The van der Waals surface area contributed by atoms with Crippen LogP contribution >= 0.6 is 0 Å². The van der Waals surface area contributed by atoms with Gasteiger partial charge in [-0.15, -0.1) is 0 Å². The number of nitrogens with one attached hydrogen (secondary N) is 1. The van der Waals surface area contributed by atoms with Gasteiger partial charge in [-0.2, -0.15) is 0 Å². The Morgan fingerprint density at radius 1 is 1.32 bits per heavy atom. The van der Waals surface area contributed by atoms with Crippen LogP contribution in [-0.2, 0) is 0 Å². The minimum atomic E-state index is 0.410. The Hall–Kier alpha value is -1.26. The van der Waals surface area contributed by atoms with Crippen LogP contribution in [0, 0.1) is 5.92 Å². The van der Waals surface area contributed by atoms with Gasteiger partial charge in [0.25, 0.3) is 0 Å². The molecule has 1 aliphatic rings. The van der Waals surface area contributed by atoms with E-state index in [0.29, 0.717) is 12.0 Å². The Morgan fingerprint density at radius 2 is 2.11 bits per heavy atom. The molecule has 2 unspecified atom stereocenters. The predicted molar refractivity (Wildman–Crippen MR) is 77.0 cm³/mol. The monoisotopic (exact) mass is 264 g/mol. The topological polar surface area (TPSA) is 33.7 Å². The van der Waals surface area contributed by atoms with Gasteiger partial charge in [0.1, 0.15) is 11.5 Å². The van der Waals surface area contributed by atoms with Crippen molar-refractivity contribution in [2.24, 2.45) is 5.92 Å². The van der Waals surface area contributed by atoms with Gasteiger partial charge in [0.2, 0.25) is 0 Å². The van der Waals surface area contributed by atoms with Gasteiger partial charge in [0.15, 0.2) is 0 Å². The summed E-state index contributed by atoms with van der Waals surface area (Å²) < 4.78 is 10.8. The van der Waals surface area contributed by atoms with Crippen molar-refractivity contribution in [1.29, 1.82) is 0 Å². The Kier molecular flexibility index (Phi) is 4.66. The first kappa shape index (κ1) is 14.2. The first-order valence-electron chi connectivity index (χ1n) is 6.78. The maximum atomic E-state index is 5.55. The molecule has 1 aliphatic heterocycles. The molecule has 2 rings (SSSR count). The molecule has 1 fully saturated rings. The molecule has 0 radical (unpaired) electrons. The molecule has 0 amide bonds. The van der Waals surface area contributed by atoms with E-state index in [0.717, 1.165) is 24.6 Å². The van der Waals surface area contributed by atoms with E-state index < -0.39 is 0 Å². The Bertz CT molecular complexity index is 421. The van der Waals surface area contributed by atoms with Gasteiger partial charge in [-0.3, -0.25) is 4.90 Å². The summed E-state index contributed by atoms with van der Waals surface area (Å²) in [5.41, 5.74) is 1.25. The molecule has 4 nitrogen and oxygen atoms in total. The number of hydrogen-bond donors (Lipinski definition) is 1. The van der Waals surface area contributed by atoms with Crippen LogP contribution in [-0.4, -0.2) is 46.3 Å². The van der Waals surface area contributed by atoms with Crippen molar-refractivity contribution in [3.8, 4) is 11.5 Å². The van der Waals surface area contributed by atoms with E-state index in [4.69, 9.17) is 9.47 Å². The molecule has 0 aliphatic carbocycles. The van der Waals surface area contributed by atoms with Gasteiger partial charge < -0.3 is 14.8 Å². The number of nitrogens with zero attached hydrogens (tertiary/aromatic N) is 1. The average molecular weight is 264 g/mol. The number of benzene rings is 1. The molecule has 1 N–H and O–H groups in total. The molecule has 1 aromatic carbocycles. The molecular weight excluding hydrogens is 240 g/mol. The molecule has 2 atom stereocenters. The highest BCUT2D eigenvalue weighted by molar-refractivity contribution is 5.43. The normalized spacial score (nSPS) is 23.6. The lowest BCUT2D eigenvalue weighted by Gasteiger charge is -2.27. The number of ether oxygens (including phenoxy) is 2. The summed E-state index contributed by atoms with van der Waals surface area (Å²) in [5.74, 6) is 2.38. The SMILES string of the molecule is CNCC1CCN(C)C1c1ccc(OC)cc1OC. The molecule has 1 saturated heterocycles. The van der Waals surface area contributed by atoms with Crippen molar-refractivity contribution in [1.82, 2.24) is 10.2 Å². The third-order valence-electron chi connectivity index (χ3n) is 4.00. The van der Waals surface area contributed by atoms with Crippen LogP contribution in [0.1, 0.15) is 18.0 Å². The van der Waals surface area contributed by atoms with Crippen LogP contribution in [0.5, 0.6) is 11.5 Å². The zero-order valence-corrected chi connectivity index (χ0v) is 12.3. The maximum Gasteiger partial charge on any atom is 0.127 e. The lowest BCUT2D eigenvalue weighted by molar-refractivity contribution is 0.265. The molecule has 4 heteroatoms. The van der Waals surface area contributed by atoms with E-state index in [1.54, 1.807) is 14.2 Å². The largest absolute Gasteiger partial charge is 0.497 e. The third kappa shape index (κ3) is 2.85. The summed E-state index contributed by atoms with van der Waals surface area (Å²) in [5, 5.41) is 3.30. The summed E-state index contributed by atoms with van der Waals surface area (Å²) in [6, 6.07) is 6.53. The first-order chi connectivity index (χ1) is 9.21. The summed E-state index contributed by atoms with van der Waals surface area (Å²) >= 11 is 0. The second-order valence-electron chi connectivity index (χ2n) is 5.14. The van der Waals surface area contributed by atoms with Crippen LogP contribution in [0.3, 0.4) is 0 Å². The van der Waals surface area contributed by atoms with Crippen LogP contribution < -0.4 is 14.8 Å². The van der Waals surface area contributed by atoms with Crippen LogP contribution in [0.25, 0.3) is 0 Å². The van der Waals surface area contributed by atoms with E-state index in [1.165, 1.54) is 12.0 Å². The van der Waals surface area contributed by atoms with Gasteiger partial charge >= 0.3 is 0 Å². The Balaban J connectivity index is 2.33. The minimum absolute atomic E-state index is 0.410. The highest BCUT2D eigenvalue weighted by atomic mass is 16.5. The van der Waals surface area contributed by atoms with E-state index in [-0.39, 0.29) is 0 Å². The third-order valence-corrected chi connectivity index (χ3v) is 4.00. The van der Waals surface area contributed by atoms with E-state index in [1.807, 2.05) is 19.2 Å². The standard InChI is InChI=1S/C15H24N2O2/c1-16-10-11-7-8-17(2)15(11)13-6-5-12(18-3)9-14(13)19-4/h5-6,9,11,15-16H,7-8,10H2,1-4H3. The molecule has 0 bridgehead atoms. The van der Waals surface area contributed by atoms with Crippen LogP contribution in [0.2, 0.25) is 0 Å². The summed E-state index contributed by atoms with van der Waals surface area (Å²) in [6.07, 6.45) is 1.22. The second kappa shape index (κ2) is 6.26. The van der Waals surface area contributed by atoms with Gasteiger partial charge in [0.05, 0.1) is 14.2 Å². The molecule has 19 heavy (non-hydrogen) atoms. The Labute approximate surface area is 115 Å². The van der Waals surface area contributed by atoms with Crippen molar-refractivity contribution in [3.05, 3.63) is 23.8 Å². The molecule has 1 heterocycles. The molecule has 0 aromatic heterocycles. The van der Waals surface area contributed by atoms with Gasteiger partial charge in [-0.25, -0.2) is 0 Å². The number of rotatable bonds is 5. The quantitative estimate of drug-likeness (QED) is 0.881. The average Bonchev–Trinajstić information content (AvgIpc) is 2.79. The van der Waals surface area contributed by atoms with Gasteiger partial charge in [0, 0.05) is 17.7 Å². The van der Waals surface area contributed by atoms with Crippen LogP contribution in [0.4, 0.5) is 0 Å². The fourth-order valence-electron chi connectivity index (χ4n) is 3.06. The zero-order chi connectivity index (χ0) is 13.8. The molecule has 0 saturated carbocycles. The highest BCUT2D eigenvalue weighted by Gasteiger charge is 2.34. The molecular formula is C15H24N2O2. The first-order valence-corrected chi connectivity index (χ1v) is 6.78.